The molecular formula is C17H29N3O3S. The average molecular weight is 356 g/mol. The molecule has 1 rings (SSSR count). The van der Waals surface area contributed by atoms with Crippen molar-refractivity contribution >= 4 is 15.9 Å². The van der Waals surface area contributed by atoms with E-state index in [2.05, 4.69) is 19.2 Å². The number of benzene rings is 1. The topological polar surface area (TPSA) is 92.5 Å². The largest absolute Gasteiger partial charge is 0.348 e. The third kappa shape index (κ3) is 5.29. The maximum atomic E-state index is 12.5. The van der Waals surface area contributed by atoms with Crippen LogP contribution in [0.3, 0.4) is 0 Å². The fourth-order valence-electron chi connectivity index (χ4n) is 2.29. The number of nitrogens with two attached hydrogens (primary N) is 1. The van der Waals surface area contributed by atoms with E-state index in [0.717, 1.165) is 6.42 Å². The molecule has 0 aliphatic heterocycles. The minimum Gasteiger partial charge on any atom is -0.348 e. The molecule has 0 aliphatic carbocycles. The van der Waals surface area contributed by atoms with Crippen molar-refractivity contribution in [2.24, 2.45) is 11.7 Å². The third-order valence-corrected chi connectivity index (χ3v) is 5.91. The van der Waals surface area contributed by atoms with Gasteiger partial charge in [0.1, 0.15) is 0 Å². The van der Waals surface area contributed by atoms with Crippen LogP contribution in [0.15, 0.2) is 29.2 Å². The molecule has 0 spiro atoms. The van der Waals surface area contributed by atoms with Crippen LogP contribution in [0, 0.1) is 5.92 Å². The maximum Gasteiger partial charge on any atom is 0.251 e. The molecule has 24 heavy (non-hydrogen) atoms. The zero-order chi connectivity index (χ0) is 18.5. The van der Waals surface area contributed by atoms with Crippen LogP contribution in [0.5, 0.6) is 0 Å². The Hall–Kier alpha value is -1.44. The summed E-state index contributed by atoms with van der Waals surface area (Å²) in [5.74, 6) is 0.0978. The molecule has 0 bridgehead atoms. The number of rotatable bonds is 8. The molecule has 7 heteroatoms. The summed E-state index contributed by atoms with van der Waals surface area (Å²) in [6.07, 6.45) is 0.774. The van der Waals surface area contributed by atoms with Gasteiger partial charge >= 0.3 is 0 Å². The Bertz CT molecular complexity index is 657. The SMILES string of the molecule is CC(C)CC(CN)NC(=O)c1cccc(S(=O)(=O)N(C)C(C)C)c1. The maximum absolute atomic E-state index is 12.5. The highest BCUT2D eigenvalue weighted by Gasteiger charge is 2.24. The molecule has 136 valence electrons. The second-order valence-electron chi connectivity index (χ2n) is 6.68. The van der Waals surface area contributed by atoms with Crippen LogP contribution in [-0.4, -0.2) is 44.3 Å². The first-order chi connectivity index (χ1) is 11.1. The molecule has 1 unspecified atom stereocenters. The van der Waals surface area contributed by atoms with Gasteiger partial charge in [-0.3, -0.25) is 4.79 Å². The lowest BCUT2D eigenvalue weighted by Crippen LogP contribution is -2.41. The van der Waals surface area contributed by atoms with Gasteiger partial charge in [0.05, 0.1) is 4.90 Å². The first kappa shape index (κ1) is 20.6. The van der Waals surface area contributed by atoms with Gasteiger partial charge in [0.25, 0.3) is 5.91 Å². The number of hydrogen-bond donors (Lipinski definition) is 2. The molecule has 0 saturated heterocycles. The molecule has 1 aromatic rings. The molecule has 1 aromatic carbocycles. The van der Waals surface area contributed by atoms with Crippen LogP contribution in [0.4, 0.5) is 0 Å². The number of nitrogens with zero attached hydrogens (tertiary/aromatic N) is 1. The first-order valence-electron chi connectivity index (χ1n) is 8.18. The van der Waals surface area contributed by atoms with Crippen LogP contribution in [0.25, 0.3) is 0 Å². The number of amides is 1. The summed E-state index contributed by atoms with van der Waals surface area (Å²) in [5, 5.41) is 2.87. The lowest BCUT2D eigenvalue weighted by atomic mass is 10.0. The molecule has 0 fully saturated rings. The van der Waals surface area contributed by atoms with Crippen LogP contribution in [0.1, 0.15) is 44.5 Å². The van der Waals surface area contributed by atoms with Crippen molar-refractivity contribution in [3.63, 3.8) is 0 Å². The molecule has 0 aliphatic rings. The highest BCUT2D eigenvalue weighted by molar-refractivity contribution is 7.89. The zero-order valence-corrected chi connectivity index (χ0v) is 15.9. The minimum atomic E-state index is -3.62. The number of carbonyl (C=O) groups is 1. The zero-order valence-electron chi connectivity index (χ0n) is 15.1. The van der Waals surface area contributed by atoms with Gasteiger partial charge in [0, 0.05) is 31.2 Å². The average Bonchev–Trinajstić information content (AvgIpc) is 2.52. The van der Waals surface area contributed by atoms with Gasteiger partial charge in [-0.05, 0) is 44.4 Å². The van der Waals surface area contributed by atoms with Crippen LogP contribution in [0.2, 0.25) is 0 Å². The van der Waals surface area contributed by atoms with Crippen molar-refractivity contribution in [1.82, 2.24) is 9.62 Å². The van der Waals surface area contributed by atoms with Gasteiger partial charge in [-0.1, -0.05) is 19.9 Å². The van der Waals surface area contributed by atoms with E-state index in [1.165, 1.54) is 23.5 Å². The predicted octanol–water partition coefficient (Wildman–Crippen LogP) is 1.82. The quantitative estimate of drug-likeness (QED) is 0.744. The van der Waals surface area contributed by atoms with Crippen molar-refractivity contribution in [2.45, 2.75) is 51.1 Å². The second kappa shape index (κ2) is 8.60. The summed E-state index contributed by atoms with van der Waals surface area (Å²) in [5.41, 5.74) is 6.02. The van der Waals surface area contributed by atoms with Crippen LogP contribution in [-0.2, 0) is 10.0 Å². The van der Waals surface area contributed by atoms with E-state index < -0.39 is 10.0 Å². The smallest absolute Gasteiger partial charge is 0.251 e. The van der Waals surface area contributed by atoms with E-state index in [1.807, 2.05) is 0 Å². The lowest BCUT2D eigenvalue weighted by Gasteiger charge is -2.21. The number of carbonyl (C=O) groups excluding carboxylic acids is 1. The Morgan fingerprint density at radius 2 is 1.88 bits per heavy atom. The van der Waals surface area contributed by atoms with Gasteiger partial charge in [-0.25, -0.2) is 8.42 Å². The monoisotopic (exact) mass is 355 g/mol. The van der Waals surface area contributed by atoms with Gasteiger partial charge in [-0.2, -0.15) is 4.31 Å². The van der Waals surface area contributed by atoms with Crippen LogP contribution >= 0.6 is 0 Å². The Labute approximate surface area is 145 Å². The second-order valence-corrected chi connectivity index (χ2v) is 8.68. The molecule has 0 aromatic heterocycles. The predicted molar refractivity (Wildman–Crippen MR) is 96.3 cm³/mol. The van der Waals surface area contributed by atoms with E-state index in [4.69, 9.17) is 5.73 Å². The van der Waals surface area contributed by atoms with Gasteiger partial charge in [-0.15, -0.1) is 0 Å². The molecule has 0 heterocycles. The molecule has 1 amide bonds. The first-order valence-corrected chi connectivity index (χ1v) is 9.62. The van der Waals surface area contributed by atoms with Crippen molar-refractivity contribution < 1.29 is 13.2 Å². The van der Waals surface area contributed by atoms with E-state index in [1.54, 1.807) is 26.0 Å². The Kier molecular flexibility index (Phi) is 7.38. The fourth-order valence-corrected chi connectivity index (χ4v) is 3.71. The molecule has 0 radical (unpaired) electrons. The van der Waals surface area contributed by atoms with Crippen molar-refractivity contribution in [1.29, 1.82) is 0 Å². The molecular weight excluding hydrogens is 326 g/mol. The standard InChI is InChI=1S/C17H29N3O3S/c1-12(2)9-15(11-18)19-17(21)14-7-6-8-16(10-14)24(22,23)20(5)13(3)4/h6-8,10,12-13,15H,9,11,18H2,1-5H3,(H,19,21). The summed E-state index contributed by atoms with van der Waals surface area (Å²) < 4.78 is 26.4. The summed E-state index contributed by atoms with van der Waals surface area (Å²) in [4.78, 5) is 12.5. The van der Waals surface area contributed by atoms with Crippen molar-refractivity contribution in [3.05, 3.63) is 29.8 Å². The van der Waals surface area contributed by atoms with Gasteiger partial charge < -0.3 is 11.1 Å². The number of nitrogens with one attached hydrogen (secondary N) is 1. The van der Waals surface area contributed by atoms with E-state index in [-0.39, 0.29) is 22.9 Å². The Morgan fingerprint density at radius 3 is 2.38 bits per heavy atom. The summed E-state index contributed by atoms with van der Waals surface area (Å²) in [6.45, 7) is 8.06. The van der Waals surface area contributed by atoms with Gasteiger partial charge in [0.2, 0.25) is 10.0 Å². The van der Waals surface area contributed by atoms with Crippen LogP contribution < -0.4 is 11.1 Å². The third-order valence-electron chi connectivity index (χ3n) is 3.88. The molecule has 3 N–H and O–H groups in total. The number of hydrogen-bond acceptors (Lipinski definition) is 4. The highest BCUT2D eigenvalue weighted by atomic mass is 32.2. The normalized spacial score (nSPS) is 13.5. The minimum absolute atomic E-state index is 0.111. The Morgan fingerprint density at radius 1 is 1.25 bits per heavy atom. The van der Waals surface area contributed by atoms with Crippen molar-refractivity contribution in [3.8, 4) is 0 Å². The molecule has 0 saturated carbocycles. The molecule has 1 atom stereocenters. The summed E-state index contributed by atoms with van der Waals surface area (Å²) >= 11 is 0. The van der Waals surface area contributed by atoms with E-state index in [9.17, 15) is 13.2 Å². The lowest BCUT2D eigenvalue weighted by molar-refractivity contribution is 0.0933. The highest BCUT2D eigenvalue weighted by Crippen LogP contribution is 2.18. The summed E-state index contributed by atoms with van der Waals surface area (Å²) in [7, 11) is -2.09. The van der Waals surface area contributed by atoms with E-state index in [0.29, 0.717) is 18.0 Å². The van der Waals surface area contributed by atoms with Crippen molar-refractivity contribution in [2.75, 3.05) is 13.6 Å². The molecule has 6 nitrogen and oxygen atoms in total. The Balaban J connectivity index is 3.02. The van der Waals surface area contributed by atoms with E-state index >= 15 is 0 Å². The fraction of sp³-hybridized carbons (Fsp3) is 0.588. The number of sulfonamides is 1. The van der Waals surface area contributed by atoms with Gasteiger partial charge in [0.15, 0.2) is 0 Å². The summed E-state index contributed by atoms with van der Waals surface area (Å²) in [6, 6.07) is 5.80.